The number of rotatable bonds is 5. The number of aromatic nitrogens is 4. The number of hydrogen-bond donors (Lipinski definition) is 3. The van der Waals surface area contributed by atoms with Gasteiger partial charge in [0.05, 0.1) is 28.6 Å². The van der Waals surface area contributed by atoms with Gasteiger partial charge in [0.1, 0.15) is 23.7 Å². The number of allylic oxidation sites excluding steroid dienone is 2. The number of carbonyl (C=O) groups is 2. The van der Waals surface area contributed by atoms with E-state index in [9.17, 15) is 14.7 Å². The third-order valence-corrected chi connectivity index (χ3v) is 7.73. The first-order chi connectivity index (χ1) is 19.6. The van der Waals surface area contributed by atoms with Gasteiger partial charge in [0, 0.05) is 41.7 Å². The first kappa shape index (κ1) is 26.1. The van der Waals surface area contributed by atoms with Crippen LogP contribution < -0.4 is 16.4 Å². The Morgan fingerprint density at radius 1 is 1.07 bits per heavy atom. The highest BCUT2D eigenvalue weighted by atomic mass is 16.3. The number of nitrogens with zero attached hydrogens (tertiary/aromatic N) is 5. The van der Waals surface area contributed by atoms with Gasteiger partial charge in [0.25, 0.3) is 0 Å². The van der Waals surface area contributed by atoms with Crippen LogP contribution in [0.2, 0.25) is 0 Å². The lowest BCUT2D eigenvalue weighted by Gasteiger charge is -2.44. The number of amides is 1. The van der Waals surface area contributed by atoms with Crippen molar-refractivity contribution in [2.75, 3.05) is 4.90 Å². The molecule has 2 aromatic heterocycles. The molecule has 2 aliphatic rings. The second kappa shape index (κ2) is 9.51. The molecular weight excluding hydrogens is 518 g/mol. The third kappa shape index (κ3) is 4.28. The van der Waals surface area contributed by atoms with Crippen molar-refractivity contribution in [3.05, 3.63) is 107 Å². The minimum absolute atomic E-state index is 0.0315. The molecule has 6 rings (SSSR count). The Morgan fingerprint density at radius 3 is 2.46 bits per heavy atom. The van der Waals surface area contributed by atoms with Crippen molar-refractivity contribution in [3.8, 4) is 17.3 Å². The Balaban J connectivity index is 1.70. The number of benzene rings is 2. The fourth-order valence-corrected chi connectivity index (χ4v) is 6.12. The number of anilines is 1. The predicted molar refractivity (Wildman–Crippen MR) is 154 cm³/mol. The van der Waals surface area contributed by atoms with Gasteiger partial charge in [0.15, 0.2) is 5.78 Å². The zero-order chi connectivity index (χ0) is 29.1. The number of phenolic OH excluding ortho intramolecular Hbond substituents is 1. The summed E-state index contributed by atoms with van der Waals surface area (Å²) in [7, 11) is 0. The number of hydrogen-bond acceptors (Lipinski definition) is 7. The van der Waals surface area contributed by atoms with E-state index in [1.165, 1.54) is 0 Å². The summed E-state index contributed by atoms with van der Waals surface area (Å²) in [6, 6.07) is 16.2. The molecule has 1 unspecified atom stereocenters. The smallest absolute Gasteiger partial charge is 0.249 e. The number of carbonyl (C=O) groups excluding carboxylic acids is 2. The van der Waals surface area contributed by atoms with Crippen LogP contribution in [0.3, 0.4) is 0 Å². The zero-order valence-corrected chi connectivity index (χ0v) is 23.1. The Morgan fingerprint density at radius 2 is 1.80 bits per heavy atom. The SMILES string of the molecule is Cc1nn(-c2ccccc2)c(-n2ccnc2)c1C1C(C(N)=O)=C(N)N(c2cccc(O)c2)C2=C1C(=O)CC(C)(C)C2. The summed E-state index contributed by atoms with van der Waals surface area (Å²) < 4.78 is 3.59. The minimum Gasteiger partial charge on any atom is -0.508 e. The summed E-state index contributed by atoms with van der Waals surface area (Å²) in [6.45, 7) is 5.91. The standard InChI is InChI=1S/C31H31N7O3/c1-18-24(30(36-13-12-34-17-36)38(35-18)19-8-5-4-6-9-19)26-25-22(15-31(2,3)16-23(25)40)37(28(32)27(26)29(33)41)20-10-7-11-21(39)14-20/h4-14,17,26,39H,15-16,32H2,1-3H3,(H2,33,41). The summed E-state index contributed by atoms with van der Waals surface area (Å²) in [6.07, 6.45) is 5.90. The van der Waals surface area contributed by atoms with Crippen LogP contribution in [-0.4, -0.2) is 36.1 Å². The van der Waals surface area contributed by atoms with E-state index >= 15 is 0 Å². The van der Waals surface area contributed by atoms with E-state index in [1.807, 2.05) is 55.7 Å². The van der Waals surface area contributed by atoms with Crippen molar-refractivity contribution in [3.63, 3.8) is 0 Å². The number of phenols is 1. The van der Waals surface area contributed by atoms with Gasteiger partial charge in [-0.1, -0.05) is 38.1 Å². The van der Waals surface area contributed by atoms with E-state index in [4.69, 9.17) is 16.6 Å². The number of primary amides is 1. The maximum atomic E-state index is 14.1. The fraction of sp³-hybridized carbons (Fsp3) is 0.226. The van der Waals surface area contributed by atoms with Crippen LogP contribution in [0.25, 0.3) is 11.5 Å². The van der Waals surface area contributed by atoms with Crippen molar-refractivity contribution in [1.82, 2.24) is 19.3 Å². The second-order valence-corrected chi connectivity index (χ2v) is 11.3. The molecule has 10 nitrogen and oxygen atoms in total. The van der Waals surface area contributed by atoms with E-state index < -0.39 is 11.8 Å². The maximum absolute atomic E-state index is 14.1. The molecule has 0 fully saturated rings. The molecule has 0 saturated carbocycles. The van der Waals surface area contributed by atoms with Crippen molar-refractivity contribution >= 4 is 17.4 Å². The average Bonchev–Trinajstić information content (AvgIpc) is 3.55. The van der Waals surface area contributed by atoms with Gasteiger partial charge in [-0.15, -0.1) is 0 Å². The van der Waals surface area contributed by atoms with Gasteiger partial charge < -0.3 is 16.6 Å². The Labute approximate surface area is 237 Å². The molecule has 10 heteroatoms. The topological polar surface area (TPSA) is 145 Å². The number of nitrogens with two attached hydrogens (primary N) is 2. The average molecular weight is 550 g/mol. The van der Waals surface area contributed by atoms with Crippen molar-refractivity contribution in [1.29, 1.82) is 0 Å². The summed E-state index contributed by atoms with van der Waals surface area (Å²) in [5.41, 5.74) is 16.4. The van der Waals surface area contributed by atoms with Crippen LogP contribution >= 0.6 is 0 Å². The van der Waals surface area contributed by atoms with Crippen LogP contribution in [0.5, 0.6) is 5.75 Å². The molecule has 0 spiro atoms. The monoisotopic (exact) mass is 549 g/mol. The van der Waals surface area contributed by atoms with Crippen molar-refractivity contribution < 1.29 is 14.7 Å². The third-order valence-electron chi connectivity index (χ3n) is 7.73. The molecule has 1 aliphatic heterocycles. The van der Waals surface area contributed by atoms with E-state index in [2.05, 4.69) is 4.98 Å². The molecule has 4 aromatic rings. The summed E-state index contributed by atoms with van der Waals surface area (Å²) in [5.74, 6) is -0.941. The van der Waals surface area contributed by atoms with Crippen molar-refractivity contribution in [2.24, 2.45) is 16.9 Å². The highest BCUT2D eigenvalue weighted by Crippen LogP contribution is 2.52. The predicted octanol–water partition coefficient (Wildman–Crippen LogP) is 3.97. The molecule has 1 amide bonds. The molecule has 208 valence electrons. The number of ketones is 1. The summed E-state index contributed by atoms with van der Waals surface area (Å²) in [5, 5.41) is 15.2. The van der Waals surface area contributed by atoms with Gasteiger partial charge in [-0.05, 0) is 43.0 Å². The normalized spacial score (nSPS) is 18.6. The van der Waals surface area contributed by atoms with Crippen LogP contribution in [0, 0.1) is 12.3 Å². The lowest BCUT2D eigenvalue weighted by atomic mass is 9.68. The van der Waals surface area contributed by atoms with Gasteiger partial charge in [-0.25, -0.2) is 9.67 Å². The Hall–Kier alpha value is -5.12. The van der Waals surface area contributed by atoms with Crippen molar-refractivity contribution in [2.45, 2.75) is 39.5 Å². The van der Waals surface area contributed by atoms with Crippen LogP contribution in [0.15, 0.2) is 96.0 Å². The largest absolute Gasteiger partial charge is 0.508 e. The minimum atomic E-state index is -0.866. The molecule has 2 aromatic carbocycles. The molecule has 0 bridgehead atoms. The number of aryl methyl sites for hydroxylation is 1. The van der Waals surface area contributed by atoms with Crippen LogP contribution in [0.4, 0.5) is 5.69 Å². The van der Waals surface area contributed by atoms with E-state index in [0.717, 1.165) is 5.69 Å². The van der Waals surface area contributed by atoms with Crippen LogP contribution in [-0.2, 0) is 9.59 Å². The molecule has 5 N–H and O–H groups in total. The maximum Gasteiger partial charge on any atom is 0.249 e. The number of Topliss-reactive ketones (excluding diaryl/α,β-unsaturated/α-hetero) is 1. The number of imidazole rings is 1. The molecule has 0 radical (unpaired) electrons. The molecule has 1 aliphatic carbocycles. The quantitative estimate of drug-likeness (QED) is 0.341. The van der Waals surface area contributed by atoms with E-state index in [0.29, 0.717) is 40.5 Å². The van der Waals surface area contributed by atoms with Gasteiger partial charge in [-0.3, -0.25) is 19.1 Å². The van der Waals surface area contributed by atoms with Gasteiger partial charge in [0.2, 0.25) is 5.91 Å². The number of aromatic hydroxyl groups is 1. The highest BCUT2D eigenvalue weighted by Gasteiger charge is 2.47. The highest BCUT2D eigenvalue weighted by molar-refractivity contribution is 6.06. The van der Waals surface area contributed by atoms with Crippen LogP contribution in [0.1, 0.15) is 43.9 Å². The molecule has 0 saturated heterocycles. The first-order valence-electron chi connectivity index (χ1n) is 13.4. The fourth-order valence-electron chi connectivity index (χ4n) is 6.12. The number of para-hydroxylation sites is 1. The zero-order valence-electron chi connectivity index (χ0n) is 23.1. The Bertz CT molecular complexity index is 1750. The molecule has 3 heterocycles. The second-order valence-electron chi connectivity index (χ2n) is 11.3. The van der Waals surface area contributed by atoms with E-state index in [1.54, 1.807) is 52.6 Å². The lowest BCUT2D eigenvalue weighted by Crippen LogP contribution is -2.44. The molecule has 1 atom stereocenters. The van der Waals surface area contributed by atoms with Gasteiger partial charge in [-0.2, -0.15) is 5.10 Å². The molecular formula is C31H31N7O3. The Kier molecular flexibility index (Phi) is 6.06. The first-order valence-corrected chi connectivity index (χ1v) is 13.4. The summed E-state index contributed by atoms with van der Waals surface area (Å²) >= 11 is 0. The van der Waals surface area contributed by atoms with E-state index in [-0.39, 0.29) is 34.8 Å². The lowest BCUT2D eigenvalue weighted by molar-refractivity contribution is -0.118. The molecule has 41 heavy (non-hydrogen) atoms. The van der Waals surface area contributed by atoms with Gasteiger partial charge >= 0.3 is 0 Å². The summed E-state index contributed by atoms with van der Waals surface area (Å²) in [4.78, 5) is 33.4.